The lowest BCUT2D eigenvalue weighted by Crippen LogP contribution is -2.48. The Labute approximate surface area is 162 Å². The van der Waals surface area contributed by atoms with Crippen molar-refractivity contribution in [2.75, 3.05) is 18.4 Å². The van der Waals surface area contributed by atoms with Gasteiger partial charge in [0, 0.05) is 37.7 Å². The van der Waals surface area contributed by atoms with Crippen molar-refractivity contribution in [3.63, 3.8) is 0 Å². The van der Waals surface area contributed by atoms with Crippen LogP contribution in [-0.4, -0.2) is 35.8 Å². The Hall–Kier alpha value is -2.09. The molecular formula is C20H26F3N3O2. The predicted octanol–water partition coefficient (Wildman–Crippen LogP) is 3.19. The van der Waals surface area contributed by atoms with Gasteiger partial charge in [0.1, 0.15) is 5.82 Å². The molecular weight excluding hydrogens is 371 g/mol. The maximum atomic E-state index is 13.6. The highest BCUT2D eigenvalue weighted by Gasteiger charge is 2.33. The van der Waals surface area contributed by atoms with Gasteiger partial charge < -0.3 is 16.0 Å². The second-order valence-electron chi connectivity index (χ2n) is 7.82. The van der Waals surface area contributed by atoms with Gasteiger partial charge in [0.2, 0.25) is 11.8 Å². The van der Waals surface area contributed by atoms with E-state index in [1.807, 2.05) is 4.90 Å². The summed E-state index contributed by atoms with van der Waals surface area (Å²) in [7, 11) is 0. The first kappa shape index (κ1) is 20.6. The quantitative estimate of drug-likeness (QED) is 0.767. The van der Waals surface area contributed by atoms with Gasteiger partial charge in [-0.3, -0.25) is 9.59 Å². The van der Waals surface area contributed by atoms with Gasteiger partial charge in [-0.25, -0.2) is 13.2 Å². The summed E-state index contributed by atoms with van der Waals surface area (Å²) in [5.41, 5.74) is 5.73. The predicted molar refractivity (Wildman–Crippen MR) is 98.8 cm³/mol. The van der Waals surface area contributed by atoms with Crippen LogP contribution >= 0.6 is 0 Å². The van der Waals surface area contributed by atoms with E-state index < -0.39 is 23.4 Å². The molecule has 3 N–H and O–H groups in total. The molecule has 1 saturated carbocycles. The number of rotatable bonds is 4. The van der Waals surface area contributed by atoms with Gasteiger partial charge in [-0.2, -0.15) is 0 Å². The number of nitrogens with one attached hydrogen (secondary N) is 1. The van der Waals surface area contributed by atoms with E-state index in [1.165, 1.54) is 0 Å². The lowest BCUT2D eigenvalue weighted by atomic mass is 9.83. The fourth-order valence-electron chi connectivity index (χ4n) is 4.14. The molecule has 1 heterocycles. The number of anilines is 1. The Morgan fingerprint density at radius 3 is 2.32 bits per heavy atom. The maximum Gasteiger partial charge on any atom is 0.227 e. The van der Waals surface area contributed by atoms with Crippen molar-refractivity contribution in [1.82, 2.24) is 4.90 Å². The largest absolute Gasteiger partial charge is 0.342 e. The topological polar surface area (TPSA) is 75.4 Å². The molecule has 154 valence electrons. The number of piperidine rings is 1. The minimum atomic E-state index is -1.30. The number of likely N-dealkylation sites (tertiary alicyclic amines) is 1. The summed E-state index contributed by atoms with van der Waals surface area (Å²) >= 11 is 0. The zero-order valence-electron chi connectivity index (χ0n) is 15.7. The lowest BCUT2D eigenvalue weighted by molar-refractivity contribution is -0.138. The summed E-state index contributed by atoms with van der Waals surface area (Å²) in [6.45, 7) is 1.14. The Balaban J connectivity index is 1.48. The smallest absolute Gasteiger partial charge is 0.227 e. The first-order valence-corrected chi connectivity index (χ1v) is 9.84. The highest BCUT2D eigenvalue weighted by atomic mass is 19.2. The average Bonchev–Trinajstić information content (AvgIpc) is 2.66. The van der Waals surface area contributed by atoms with E-state index in [2.05, 4.69) is 5.32 Å². The monoisotopic (exact) mass is 397 g/mol. The van der Waals surface area contributed by atoms with E-state index in [0.717, 1.165) is 25.7 Å². The van der Waals surface area contributed by atoms with Crippen LogP contribution in [0.2, 0.25) is 0 Å². The molecule has 1 aromatic rings. The van der Waals surface area contributed by atoms with Crippen LogP contribution in [-0.2, 0) is 9.59 Å². The van der Waals surface area contributed by atoms with Crippen molar-refractivity contribution in [1.29, 1.82) is 0 Å². The molecule has 0 bridgehead atoms. The molecule has 1 aliphatic heterocycles. The average molecular weight is 397 g/mol. The first-order chi connectivity index (χ1) is 13.3. The van der Waals surface area contributed by atoms with Crippen LogP contribution in [0.25, 0.3) is 0 Å². The van der Waals surface area contributed by atoms with E-state index in [1.54, 1.807) is 0 Å². The molecule has 1 aliphatic carbocycles. The van der Waals surface area contributed by atoms with Crippen molar-refractivity contribution in [2.45, 2.75) is 51.0 Å². The lowest BCUT2D eigenvalue weighted by Gasteiger charge is -2.37. The molecule has 1 saturated heterocycles. The van der Waals surface area contributed by atoms with Crippen LogP contribution < -0.4 is 11.1 Å². The second kappa shape index (κ2) is 8.94. The van der Waals surface area contributed by atoms with Crippen molar-refractivity contribution in [2.24, 2.45) is 17.6 Å². The van der Waals surface area contributed by atoms with Crippen LogP contribution in [0.1, 0.15) is 44.9 Å². The van der Waals surface area contributed by atoms with Crippen LogP contribution in [0.15, 0.2) is 12.1 Å². The summed E-state index contributed by atoms with van der Waals surface area (Å²) in [6, 6.07) is 0.971. The molecule has 2 atom stereocenters. The first-order valence-electron chi connectivity index (χ1n) is 9.84. The molecule has 8 heteroatoms. The third-order valence-electron chi connectivity index (χ3n) is 5.82. The summed E-state index contributed by atoms with van der Waals surface area (Å²) < 4.78 is 39.8. The number of hydrogen-bond acceptors (Lipinski definition) is 3. The molecule has 2 aliphatic rings. The van der Waals surface area contributed by atoms with Crippen molar-refractivity contribution in [3.8, 4) is 0 Å². The van der Waals surface area contributed by atoms with E-state index in [-0.39, 0.29) is 35.9 Å². The van der Waals surface area contributed by atoms with Crippen LogP contribution in [0.4, 0.5) is 18.9 Å². The Kier molecular flexibility index (Phi) is 6.59. The number of carbonyl (C=O) groups is 2. The van der Waals surface area contributed by atoms with Crippen molar-refractivity contribution < 1.29 is 22.8 Å². The minimum Gasteiger partial charge on any atom is -0.342 e. The molecule has 1 aromatic carbocycles. The molecule has 0 spiro atoms. The van der Waals surface area contributed by atoms with Gasteiger partial charge in [0.25, 0.3) is 0 Å². The molecule has 2 unspecified atom stereocenters. The third-order valence-corrected chi connectivity index (χ3v) is 5.82. The number of hydrogen-bond donors (Lipinski definition) is 2. The summed E-state index contributed by atoms with van der Waals surface area (Å²) in [4.78, 5) is 26.7. The molecule has 3 rings (SSSR count). The molecule has 2 amide bonds. The zero-order chi connectivity index (χ0) is 20.3. The maximum absolute atomic E-state index is 13.6. The van der Waals surface area contributed by atoms with Gasteiger partial charge in [-0.05, 0) is 31.6 Å². The summed E-state index contributed by atoms with van der Waals surface area (Å²) in [5, 5.41) is 2.30. The number of carbonyl (C=O) groups excluding carboxylic acids is 2. The van der Waals surface area contributed by atoms with Gasteiger partial charge in [0.15, 0.2) is 11.6 Å². The van der Waals surface area contributed by atoms with Crippen LogP contribution in [0.3, 0.4) is 0 Å². The standard InChI is InChI=1S/C20H26F3N3O2/c21-14-10-16(23)18(11-15(14)22)25-19(27)9-12-5-7-26(8-6-12)20(28)13-3-1-2-4-17(13)24/h10-13,17H,1-9,24H2,(H,25,27). The van der Waals surface area contributed by atoms with Crippen molar-refractivity contribution >= 4 is 17.5 Å². The Bertz CT molecular complexity index is 736. The molecule has 0 radical (unpaired) electrons. The molecule has 5 nitrogen and oxygen atoms in total. The third kappa shape index (κ3) is 4.84. The van der Waals surface area contributed by atoms with Gasteiger partial charge in [-0.1, -0.05) is 12.8 Å². The number of benzene rings is 1. The number of nitrogens with two attached hydrogens (primary N) is 1. The number of nitrogens with zero attached hydrogens (tertiary/aromatic N) is 1. The van der Waals surface area contributed by atoms with E-state index in [9.17, 15) is 22.8 Å². The fraction of sp³-hybridized carbons (Fsp3) is 0.600. The molecule has 0 aromatic heterocycles. The summed E-state index contributed by atoms with van der Waals surface area (Å²) in [5.74, 6) is -3.93. The SMILES string of the molecule is NC1CCCCC1C(=O)N1CCC(CC(=O)Nc2cc(F)c(F)cc2F)CC1. The molecule has 2 fully saturated rings. The van der Waals surface area contributed by atoms with E-state index >= 15 is 0 Å². The highest BCUT2D eigenvalue weighted by molar-refractivity contribution is 5.91. The van der Waals surface area contributed by atoms with E-state index in [4.69, 9.17) is 5.73 Å². The minimum absolute atomic E-state index is 0.0532. The molecule has 28 heavy (non-hydrogen) atoms. The Morgan fingerprint density at radius 2 is 1.64 bits per heavy atom. The fourth-order valence-corrected chi connectivity index (χ4v) is 4.14. The van der Waals surface area contributed by atoms with Gasteiger partial charge >= 0.3 is 0 Å². The normalized spacial score (nSPS) is 23.5. The highest BCUT2D eigenvalue weighted by Crippen LogP contribution is 2.28. The van der Waals surface area contributed by atoms with Crippen molar-refractivity contribution in [3.05, 3.63) is 29.6 Å². The number of amides is 2. The number of halogens is 3. The van der Waals surface area contributed by atoms with Crippen LogP contribution in [0.5, 0.6) is 0 Å². The van der Waals surface area contributed by atoms with Crippen LogP contribution in [0, 0.1) is 29.3 Å². The van der Waals surface area contributed by atoms with E-state index in [0.29, 0.717) is 38.1 Å². The van der Waals surface area contributed by atoms with Gasteiger partial charge in [-0.15, -0.1) is 0 Å². The Morgan fingerprint density at radius 1 is 1.00 bits per heavy atom. The van der Waals surface area contributed by atoms with Gasteiger partial charge in [0.05, 0.1) is 11.6 Å². The second-order valence-corrected chi connectivity index (χ2v) is 7.82. The zero-order valence-corrected chi connectivity index (χ0v) is 15.7. The summed E-state index contributed by atoms with van der Waals surface area (Å²) in [6.07, 6.45) is 5.30.